The molecule has 0 saturated carbocycles. The van der Waals surface area contributed by atoms with Gasteiger partial charge in [-0.1, -0.05) is 5.16 Å². The summed E-state index contributed by atoms with van der Waals surface area (Å²) in [6.45, 7) is 4.87. The van der Waals surface area contributed by atoms with Gasteiger partial charge in [-0.25, -0.2) is 9.97 Å². The van der Waals surface area contributed by atoms with E-state index in [1.165, 1.54) is 0 Å². The summed E-state index contributed by atoms with van der Waals surface area (Å²) in [5.74, 6) is 1.30. The van der Waals surface area contributed by atoms with Gasteiger partial charge in [0.25, 0.3) is 0 Å². The molecule has 1 aliphatic heterocycles. The largest absolute Gasteiger partial charge is 0.360 e. The average molecular weight is 364 g/mol. The molecule has 4 rings (SSSR count). The van der Waals surface area contributed by atoms with E-state index in [0.717, 1.165) is 29.8 Å². The lowest BCUT2D eigenvalue weighted by Gasteiger charge is -2.15. The van der Waals surface area contributed by atoms with Crippen molar-refractivity contribution in [2.24, 2.45) is 0 Å². The Morgan fingerprint density at radius 1 is 1.33 bits per heavy atom. The third kappa shape index (κ3) is 3.51. The zero-order valence-electron chi connectivity index (χ0n) is 15.2. The zero-order chi connectivity index (χ0) is 18.8. The number of aromatic nitrogens is 4. The number of rotatable bonds is 4. The zero-order valence-corrected chi connectivity index (χ0v) is 15.2. The van der Waals surface area contributed by atoms with Crippen LogP contribution < -0.4 is 5.32 Å². The summed E-state index contributed by atoms with van der Waals surface area (Å²) in [4.78, 5) is 26.5. The quantitative estimate of drug-likeness (QED) is 0.760. The first kappa shape index (κ1) is 17.1. The molecule has 1 aliphatic rings. The Bertz CT molecular complexity index is 956. The number of aryl methyl sites for hydroxylation is 1. The van der Waals surface area contributed by atoms with Gasteiger partial charge in [0.05, 0.1) is 11.3 Å². The highest BCUT2D eigenvalue weighted by molar-refractivity contribution is 5.80. The van der Waals surface area contributed by atoms with Crippen molar-refractivity contribution in [1.29, 1.82) is 0 Å². The molecule has 0 unspecified atom stereocenters. The van der Waals surface area contributed by atoms with Gasteiger partial charge in [-0.05, 0) is 31.5 Å². The molecule has 1 N–H and O–H groups in total. The van der Waals surface area contributed by atoms with Crippen molar-refractivity contribution in [3.8, 4) is 22.5 Å². The normalized spacial score (nSPS) is 16.5. The lowest BCUT2D eigenvalue weighted by molar-refractivity contribution is -0.127. The lowest BCUT2D eigenvalue weighted by atomic mass is 10.1. The molecule has 138 valence electrons. The number of pyridine rings is 1. The maximum atomic E-state index is 11.5. The summed E-state index contributed by atoms with van der Waals surface area (Å²) >= 11 is 0. The first-order chi connectivity index (χ1) is 13.1. The van der Waals surface area contributed by atoms with Crippen LogP contribution in [0.3, 0.4) is 0 Å². The summed E-state index contributed by atoms with van der Waals surface area (Å²) in [5.41, 5.74) is 3.12. The van der Waals surface area contributed by atoms with E-state index in [0.29, 0.717) is 23.9 Å². The van der Waals surface area contributed by atoms with Gasteiger partial charge in [0.15, 0.2) is 0 Å². The van der Waals surface area contributed by atoms with Crippen LogP contribution in [0.2, 0.25) is 0 Å². The van der Waals surface area contributed by atoms with Crippen molar-refractivity contribution in [1.82, 2.24) is 25.0 Å². The minimum Gasteiger partial charge on any atom is -0.360 e. The van der Waals surface area contributed by atoms with Crippen molar-refractivity contribution in [2.75, 3.05) is 18.4 Å². The van der Waals surface area contributed by atoms with Crippen LogP contribution in [0.25, 0.3) is 22.5 Å². The Balaban J connectivity index is 1.61. The molecule has 0 bridgehead atoms. The fourth-order valence-corrected chi connectivity index (χ4v) is 3.29. The molecule has 1 atom stereocenters. The fourth-order valence-electron chi connectivity index (χ4n) is 3.29. The number of anilines is 1. The molecular weight excluding hydrogens is 344 g/mol. The molecule has 1 saturated heterocycles. The number of carbonyl (C=O) groups excluding carboxylic acids is 1. The third-order valence-electron chi connectivity index (χ3n) is 4.68. The molecule has 1 fully saturated rings. The minimum atomic E-state index is 0.0928. The molecule has 0 aliphatic carbocycles. The third-order valence-corrected chi connectivity index (χ3v) is 4.68. The molecular formula is C19H20N6O2. The molecule has 4 heterocycles. The summed E-state index contributed by atoms with van der Waals surface area (Å²) in [6, 6.07) is 5.77. The SMILES string of the molecule is CC(=O)N1CC[C@@H](Nc2nccc(-c3c(-c4cccnc4)noc3C)n2)C1. The van der Waals surface area contributed by atoms with Crippen LogP contribution in [-0.4, -0.2) is 50.0 Å². The topological polar surface area (TPSA) is 97.0 Å². The summed E-state index contributed by atoms with van der Waals surface area (Å²) in [6.07, 6.45) is 6.05. The monoisotopic (exact) mass is 364 g/mol. The molecule has 27 heavy (non-hydrogen) atoms. The van der Waals surface area contributed by atoms with E-state index in [4.69, 9.17) is 4.52 Å². The second-order valence-corrected chi connectivity index (χ2v) is 6.56. The van der Waals surface area contributed by atoms with Crippen LogP contribution in [-0.2, 0) is 4.79 Å². The van der Waals surface area contributed by atoms with Crippen molar-refractivity contribution in [2.45, 2.75) is 26.3 Å². The van der Waals surface area contributed by atoms with Gasteiger partial charge in [-0.2, -0.15) is 0 Å². The fraction of sp³-hybridized carbons (Fsp3) is 0.316. The van der Waals surface area contributed by atoms with Crippen LogP contribution >= 0.6 is 0 Å². The van der Waals surface area contributed by atoms with Crippen LogP contribution in [0.1, 0.15) is 19.1 Å². The Morgan fingerprint density at radius 2 is 2.22 bits per heavy atom. The number of nitrogens with one attached hydrogen (secondary N) is 1. The predicted octanol–water partition coefficient (Wildman–Crippen LogP) is 2.53. The maximum Gasteiger partial charge on any atom is 0.223 e. The van der Waals surface area contributed by atoms with Crippen molar-refractivity contribution < 1.29 is 9.32 Å². The Kier molecular flexibility index (Phi) is 4.53. The van der Waals surface area contributed by atoms with Crippen molar-refractivity contribution >= 4 is 11.9 Å². The van der Waals surface area contributed by atoms with E-state index < -0.39 is 0 Å². The molecule has 3 aromatic heterocycles. The van der Waals surface area contributed by atoms with Crippen LogP contribution in [0.5, 0.6) is 0 Å². The number of nitrogens with zero attached hydrogens (tertiary/aromatic N) is 5. The van der Waals surface area contributed by atoms with E-state index in [9.17, 15) is 4.79 Å². The second-order valence-electron chi connectivity index (χ2n) is 6.56. The van der Waals surface area contributed by atoms with Crippen LogP contribution in [0.4, 0.5) is 5.95 Å². The van der Waals surface area contributed by atoms with Gasteiger partial charge in [0.2, 0.25) is 11.9 Å². The Labute approximate surface area is 156 Å². The smallest absolute Gasteiger partial charge is 0.223 e. The number of carbonyl (C=O) groups is 1. The Hall–Kier alpha value is -3.29. The van der Waals surface area contributed by atoms with Crippen LogP contribution in [0.15, 0.2) is 41.3 Å². The standard InChI is InChI=1S/C19H20N6O2/c1-12-17(18(24-27-12)14-4-3-7-20-10-14)16-5-8-21-19(23-16)22-15-6-9-25(11-15)13(2)26/h3-5,7-8,10,15H,6,9,11H2,1-2H3,(H,21,22,23)/t15-/m1/s1. The minimum absolute atomic E-state index is 0.0928. The number of hydrogen-bond acceptors (Lipinski definition) is 7. The van der Waals surface area contributed by atoms with Crippen molar-refractivity contribution in [3.63, 3.8) is 0 Å². The number of likely N-dealkylation sites (tertiary alicyclic amines) is 1. The summed E-state index contributed by atoms with van der Waals surface area (Å²) < 4.78 is 5.42. The average Bonchev–Trinajstić information content (AvgIpc) is 3.29. The number of hydrogen-bond donors (Lipinski definition) is 1. The van der Waals surface area contributed by atoms with Gasteiger partial charge >= 0.3 is 0 Å². The van der Waals surface area contributed by atoms with E-state index in [-0.39, 0.29) is 11.9 Å². The molecule has 0 aromatic carbocycles. The molecule has 8 nitrogen and oxygen atoms in total. The molecule has 0 spiro atoms. The molecule has 1 amide bonds. The van der Waals surface area contributed by atoms with Gasteiger partial charge in [0.1, 0.15) is 11.5 Å². The van der Waals surface area contributed by atoms with Gasteiger partial charge in [-0.3, -0.25) is 9.78 Å². The lowest BCUT2D eigenvalue weighted by Crippen LogP contribution is -2.30. The van der Waals surface area contributed by atoms with Gasteiger partial charge in [0, 0.05) is 50.2 Å². The molecule has 3 aromatic rings. The number of amides is 1. The van der Waals surface area contributed by atoms with Gasteiger partial charge in [-0.15, -0.1) is 0 Å². The highest BCUT2D eigenvalue weighted by Crippen LogP contribution is 2.33. The van der Waals surface area contributed by atoms with Crippen molar-refractivity contribution in [3.05, 3.63) is 42.5 Å². The maximum absolute atomic E-state index is 11.5. The van der Waals surface area contributed by atoms with E-state index in [2.05, 4.69) is 25.4 Å². The first-order valence-electron chi connectivity index (χ1n) is 8.84. The predicted molar refractivity (Wildman–Crippen MR) is 99.8 cm³/mol. The molecule has 0 radical (unpaired) electrons. The summed E-state index contributed by atoms with van der Waals surface area (Å²) in [7, 11) is 0. The second kappa shape index (κ2) is 7.14. The highest BCUT2D eigenvalue weighted by atomic mass is 16.5. The van der Waals surface area contributed by atoms with E-state index in [1.54, 1.807) is 25.5 Å². The summed E-state index contributed by atoms with van der Waals surface area (Å²) in [5, 5.41) is 7.51. The van der Waals surface area contributed by atoms with Crippen LogP contribution in [0, 0.1) is 6.92 Å². The highest BCUT2D eigenvalue weighted by Gasteiger charge is 2.25. The van der Waals surface area contributed by atoms with E-state index >= 15 is 0 Å². The van der Waals surface area contributed by atoms with Gasteiger partial charge < -0.3 is 14.7 Å². The Morgan fingerprint density at radius 3 is 2.96 bits per heavy atom. The first-order valence-corrected chi connectivity index (χ1v) is 8.84. The van der Waals surface area contributed by atoms with E-state index in [1.807, 2.05) is 30.0 Å². The molecule has 8 heteroatoms.